The Morgan fingerprint density at radius 2 is 2.17 bits per heavy atom. The van der Waals surface area contributed by atoms with Gasteiger partial charge in [-0.3, -0.25) is 4.79 Å². The van der Waals surface area contributed by atoms with Gasteiger partial charge in [0, 0.05) is 6.54 Å². The van der Waals surface area contributed by atoms with Crippen molar-refractivity contribution in [2.45, 2.75) is 12.5 Å². The van der Waals surface area contributed by atoms with Gasteiger partial charge in [-0.15, -0.1) is 0 Å². The Balaban J connectivity index is 2.34. The normalized spacial score (nSPS) is 12.7. The quantitative estimate of drug-likeness (QED) is 0.758. The van der Waals surface area contributed by atoms with E-state index in [1.54, 1.807) is 11.8 Å². The second-order valence-electron chi connectivity index (χ2n) is 3.89. The fourth-order valence-corrected chi connectivity index (χ4v) is 1.99. The highest BCUT2D eigenvalue weighted by molar-refractivity contribution is 7.98. The molecule has 98 valence electrons. The van der Waals surface area contributed by atoms with Crippen LogP contribution in [-0.2, 0) is 4.79 Å². The molecule has 0 radical (unpaired) electrons. The molecule has 0 aromatic heterocycles. The van der Waals surface area contributed by atoms with Gasteiger partial charge in [-0.1, -0.05) is 42.5 Å². The van der Waals surface area contributed by atoms with Crippen molar-refractivity contribution in [3.63, 3.8) is 0 Å². The molecule has 0 bridgehead atoms. The van der Waals surface area contributed by atoms with Crippen molar-refractivity contribution in [1.82, 2.24) is 5.32 Å². The summed E-state index contributed by atoms with van der Waals surface area (Å²) in [4.78, 5) is 11.0. The van der Waals surface area contributed by atoms with Crippen LogP contribution in [0.3, 0.4) is 0 Å². The van der Waals surface area contributed by atoms with Gasteiger partial charge in [0.1, 0.15) is 6.04 Å². The molecular weight excluding hydrogens is 246 g/mol. The number of benzene rings is 1. The summed E-state index contributed by atoms with van der Waals surface area (Å²) in [6.45, 7) is 0.570. The third-order valence-corrected chi connectivity index (χ3v) is 3.14. The number of hydrogen-bond acceptors (Lipinski definition) is 3. The van der Waals surface area contributed by atoms with E-state index in [2.05, 4.69) is 5.32 Å². The van der Waals surface area contributed by atoms with Gasteiger partial charge in [0.05, 0.1) is 0 Å². The third kappa shape index (κ3) is 5.89. The van der Waals surface area contributed by atoms with E-state index < -0.39 is 12.0 Å². The molecule has 18 heavy (non-hydrogen) atoms. The summed E-state index contributed by atoms with van der Waals surface area (Å²) in [5.41, 5.74) is 1.12. The molecule has 1 aromatic carbocycles. The largest absolute Gasteiger partial charge is 0.480 e. The molecule has 0 heterocycles. The lowest BCUT2D eigenvalue weighted by molar-refractivity contribution is -0.139. The smallest absolute Gasteiger partial charge is 0.320 e. The molecule has 3 nitrogen and oxygen atoms in total. The lowest BCUT2D eigenvalue weighted by Gasteiger charge is -2.11. The maximum atomic E-state index is 11.0. The summed E-state index contributed by atoms with van der Waals surface area (Å²) in [6.07, 6.45) is 6.56. The maximum Gasteiger partial charge on any atom is 0.320 e. The van der Waals surface area contributed by atoms with E-state index in [9.17, 15) is 4.79 Å². The van der Waals surface area contributed by atoms with Gasteiger partial charge >= 0.3 is 5.97 Å². The Hall–Kier alpha value is -1.26. The zero-order valence-electron chi connectivity index (χ0n) is 10.5. The molecule has 0 saturated heterocycles. The molecule has 0 aliphatic carbocycles. The molecule has 0 amide bonds. The predicted octanol–water partition coefficient (Wildman–Crippen LogP) is 2.50. The van der Waals surface area contributed by atoms with Crippen LogP contribution in [0.4, 0.5) is 0 Å². The molecule has 1 rings (SSSR count). The Bertz CT molecular complexity index is 379. The van der Waals surface area contributed by atoms with E-state index >= 15 is 0 Å². The first-order valence-electron chi connectivity index (χ1n) is 5.90. The molecule has 0 unspecified atom stereocenters. The lowest BCUT2D eigenvalue weighted by Crippen LogP contribution is -2.37. The number of rotatable bonds is 8. The monoisotopic (exact) mass is 265 g/mol. The van der Waals surface area contributed by atoms with Gasteiger partial charge in [0.15, 0.2) is 0 Å². The standard InChI is InChI=1S/C14H19NO2S/c1-18-11-9-13(14(16)17)15-10-5-8-12-6-3-2-4-7-12/h2-8,13,15H,9-11H2,1H3,(H,16,17)/b8-5-/t13-/m0/s1. The van der Waals surface area contributed by atoms with E-state index in [1.807, 2.05) is 48.7 Å². The highest BCUT2D eigenvalue weighted by Crippen LogP contribution is 2.02. The zero-order valence-corrected chi connectivity index (χ0v) is 11.3. The minimum absolute atomic E-state index is 0.460. The molecule has 2 N–H and O–H groups in total. The first-order chi connectivity index (χ1) is 8.74. The van der Waals surface area contributed by atoms with Crippen LogP contribution < -0.4 is 5.32 Å². The first kappa shape index (κ1) is 14.8. The van der Waals surface area contributed by atoms with Crippen LogP contribution in [0.15, 0.2) is 36.4 Å². The number of carboxylic acids is 1. The summed E-state index contributed by atoms with van der Waals surface area (Å²) in [5.74, 6) is 0.0731. The number of nitrogens with one attached hydrogen (secondary N) is 1. The van der Waals surface area contributed by atoms with Gasteiger partial charge in [0.2, 0.25) is 0 Å². The van der Waals surface area contributed by atoms with Crippen molar-refractivity contribution in [2.75, 3.05) is 18.6 Å². The topological polar surface area (TPSA) is 49.3 Å². The van der Waals surface area contributed by atoms with Gasteiger partial charge < -0.3 is 10.4 Å². The minimum Gasteiger partial charge on any atom is -0.480 e. The second-order valence-corrected chi connectivity index (χ2v) is 4.88. The van der Waals surface area contributed by atoms with Crippen LogP contribution in [0.1, 0.15) is 12.0 Å². The third-order valence-electron chi connectivity index (χ3n) is 2.50. The predicted molar refractivity (Wildman–Crippen MR) is 77.9 cm³/mol. The molecule has 0 fully saturated rings. The Kier molecular flexibility index (Phi) is 7.22. The van der Waals surface area contributed by atoms with E-state index in [-0.39, 0.29) is 0 Å². The lowest BCUT2D eigenvalue weighted by atomic mass is 10.2. The number of carboxylic acid groups (broad SMARTS) is 1. The Morgan fingerprint density at radius 1 is 1.44 bits per heavy atom. The van der Waals surface area contributed by atoms with Gasteiger partial charge in [-0.25, -0.2) is 0 Å². The van der Waals surface area contributed by atoms with Crippen LogP contribution in [-0.4, -0.2) is 35.7 Å². The Morgan fingerprint density at radius 3 is 2.78 bits per heavy atom. The van der Waals surface area contributed by atoms with E-state index in [1.165, 1.54) is 0 Å². The highest BCUT2D eigenvalue weighted by atomic mass is 32.2. The van der Waals surface area contributed by atoms with E-state index in [4.69, 9.17) is 5.11 Å². The van der Waals surface area contributed by atoms with Crippen LogP contribution >= 0.6 is 11.8 Å². The number of aliphatic carboxylic acids is 1. The van der Waals surface area contributed by atoms with E-state index in [0.29, 0.717) is 13.0 Å². The SMILES string of the molecule is CSCC[C@H](NC/C=C\c1ccccc1)C(=O)O. The molecule has 0 aliphatic heterocycles. The average molecular weight is 265 g/mol. The summed E-state index contributed by atoms with van der Waals surface area (Å²) < 4.78 is 0. The van der Waals surface area contributed by atoms with Gasteiger partial charge in [-0.05, 0) is 24.0 Å². The first-order valence-corrected chi connectivity index (χ1v) is 7.30. The zero-order chi connectivity index (χ0) is 13.2. The molecule has 0 spiro atoms. The van der Waals surface area contributed by atoms with Crippen LogP contribution in [0.5, 0.6) is 0 Å². The molecule has 0 saturated carbocycles. The summed E-state index contributed by atoms with van der Waals surface area (Å²) in [5, 5.41) is 12.0. The Labute approximate surface area is 112 Å². The van der Waals surface area contributed by atoms with Crippen molar-refractivity contribution in [2.24, 2.45) is 0 Å². The molecule has 0 aliphatic rings. The summed E-state index contributed by atoms with van der Waals surface area (Å²) >= 11 is 1.66. The summed E-state index contributed by atoms with van der Waals surface area (Å²) in [6, 6.07) is 9.49. The number of carbonyl (C=O) groups is 1. The number of thioether (sulfide) groups is 1. The molecule has 1 aromatic rings. The van der Waals surface area contributed by atoms with Crippen LogP contribution in [0.2, 0.25) is 0 Å². The fraction of sp³-hybridized carbons (Fsp3) is 0.357. The van der Waals surface area contributed by atoms with Crippen molar-refractivity contribution in [1.29, 1.82) is 0 Å². The van der Waals surface area contributed by atoms with Gasteiger partial charge in [0.25, 0.3) is 0 Å². The van der Waals surface area contributed by atoms with Crippen LogP contribution in [0.25, 0.3) is 6.08 Å². The average Bonchev–Trinajstić information content (AvgIpc) is 2.38. The molecular formula is C14H19NO2S. The van der Waals surface area contributed by atoms with Gasteiger partial charge in [-0.2, -0.15) is 11.8 Å². The van der Waals surface area contributed by atoms with E-state index in [0.717, 1.165) is 11.3 Å². The maximum absolute atomic E-state index is 11.0. The highest BCUT2D eigenvalue weighted by Gasteiger charge is 2.14. The second kappa shape index (κ2) is 8.78. The molecule has 1 atom stereocenters. The molecule has 4 heteroatoms. The minimum atomic E-state index is -0.780. The number of hydrogen-bond donors (Lipinski definition) is 2. The van der Waals surface area contributed by atoms with Crippen molar-refractivity contribution in [3.8, 4) is 0 Å². The van der Waals surface area contributed by atoms with Crippen molar-refractivity contribution >= 4 is 23.8 Å². The fourth-order valence-electron chi connectivity index (χ4n) is 1.52. The summed E-state index contributed by atoms with van der Waals surface area (Å²) in [7, 11) is 0. The van der Waals surface area contributed by atoms with Crippen LogP contribution in [0, 0.1) is 0 Å². The van der Waals surface area contributed by atoms with Crippen molar-refractivity contribution in [3.05, 3.63) is 42.0 Å². The van der Waals surface area contributed by atoms with Crippen molar-refractivity contribution < 1.29 is 9.90 Å².